The van der Waals surface area contributed by atoms with Gasteiger partial charge in [0.15, 0.2) is 10.3 Å². The number of benzene rings is 1. The lowest BCUT2D eigenvalue weighted by molar-refractivity contribution is -0.123. The summed E-state index contributed by atoms with van der Waals surface area (Å²) in [6.45, 7) is 5.68. The van der Waals surface area contributed by atoms with Crippen molar-refractivity contribution in [1.82, 2.24) is 9.97 Å². The van der Waals surface area contributed by atoms with Crippen LogP contribution in [0.4, 0.5) is 16.0 Å². The maximum atomic E-state index is 12.4. The number of methoxy groups -OCH3 is 1. The summed E-state index contributed by atoms with van der Waals surface area (Å²) in [6.07, 6.45) is 2.83. The molecular weight excluding hydrogens is 440 g/mol. The van der Waals surface area contributed by atoms with Gasteiger partial charge in [-0.05, 0) is 37.5 Å². The van der Waals surface area contributed by atoms with Gasteiger partial charge < -0.3 is 15.4 Å². The van der Waals surface area contributed by atoms with Crippen LogP contribution in [0.1, 0.15) is 37.8 Å². The first-order valence-corrected chi connectivity index (χ1v) is 11.7. The fraction of sp³-hybridized carbons (Fsp3) is 0.381. The third-order valence-corrected chi connectivity index (χ3v) is 7.02. The molecule has 1 aromatic carbocycles. The molecule has 158 valence electrons. The van der Waals surface area contributed by atoms with Gasteiger partial charge in [0.2, 0.25) is 5.91 Å². The molecule has 3 aromatic rings. The first kappa shape index (κ1) is 21.1. The van der Waals surface area contributed by atoms with E-state index in [4.69, 9.17) is 26.3 Å². The summed E-state index contributed by atoms with van der Waals surface area (Å²) in [5.41, 5.74) is 2.26. The molecule has 0 aliphatic heterocycles. The number of aryl methyl sites for hydroxylation is 2. The summed E-state index contributed by atoms with van der Waals surface area (Å²) in [5.74, 6) is 0.665. The molecule has 1 aliphatic rings. The van der Waals surface area contributed by atoms with E-state index in [9.17, 15) is 4.79 Å². The summed E-state index contributed by atoms with van der Waals surface area (Å²) in [6, 6.07) is 5.44. The quantitative estimate of drug-likeness (QED) is 0.486. The third-order valence-electron chi connectivity index (χ3n) is 4.73. The van der Waals surface area contributed by atoms with E-state index < -0.39 is 5.41 Å². The van der Waals surface area contributed by atoms with Crippen LogP contribution in [0.15, 0.2) is 18.2 Å². The van der Waals surface area contributed by atoms with Gasteiger partial charge in [0.25, 0.3) is 0 Å². The van der Waals surface area contributed by atoms with Gasteiger partial charge in [-0.15, -0.1) is 11.3 Å². The lowest BCUT2D eigenvalue weighted by atomic mass is 9.96. The number of hydrogen-bond acceptors (Lipinski definition) is 7. The Hall–Kier alpha value is -2.16. The minimum absolute atomic E-state index is 0.0358. The van der Waals surface area contributed by atoms with Crippen molar-refractivity contribution < 1.29 is 9.53 Å². The number of hydrogen-bond donors (Lipinski definition) is 2. The van der Waals surface area contributed by atoms with E-state index >= 15 is 0 Å². The summed E-state index contributed by atoms with van der Waals surface area (Å²) < 4.78 is 5.42. The van der Waals surface area contributed by atoms with E-state index in [1.54, 1.807) is 35.8 Å². The Morgan fingerprint density at radius 2 is 1.97 bits per heavy atom. The predicted molar refractivity (Wildman–Crippen MR) is 125 cm³/mol. The number of thiazole rings is 2. The van der Waals surface area contributed by atoms with E-state index in [1.165, 1.54) is 4.88 Å². The summed E-state index contributed by atoms with van der Waals surface area (Å²) >= 11 is 9.27. The molecule has 0 spiro atoms. The topological polar surface area (TPSA) is 76.1 Å². The smallest absolute Gasteiger partial charge is 0.231 e. The molecule has 0 saturated carbocycles. The summed E-state index contributed by atoms with van der Waals surface area (Å²) in [5, 5.41) is 8.33. The van der Waals surface area contributed by atoms with E-state index in [0.717, 1.165) is 46.3 Å². The fourth-order valence-electron chi connectivity index (χ4n) is 3.11. The van der Waals surface area contributed by atoms with Gasteiger partial charge in [-0.1, -0.05) is 43.7 Å². The fourth-order valence-corrected chi connectivity index (χ4v) is 5.39. The normalized spacial score (nSPS) is 13.2. The number of rotatable bonds is 4. The molecule has 30 heavy (non-hydrogen) atoms. The molecule has 9 heteroatoms. The van der Waals surface area contributed by atoms with Crippen molar-refractivity contribution in [3.8, 4) is 16.3 Å². The van der Waals surface area contributed by atoms with Crippen molar-refractivity contribution in [3.63, 3.8) is 0 Å². The number of fused-ring (bicyclic) bond motifs is 3. The van der Waals surface area contributed by atoms with Crippen molar-refractivity contribution in [1.29, 1.82) is 0 Å². The SMILES string of the molecule is COc1ccc(Cl)cc1Nc1nc2c(s1)-c1nc(NC(=O)C(C)(C)C)sc1CCC2. The van der Waals surface area contributed by atoms with Crippen molar-refractivity contribution in [3.05, 3.63) is 33.8 Å². The van der Waals surface area contributed by atoms with E-state index in [2.05, 4.69) is 10.6 Å². The second-order valence-electron chi connectivity index (χ2n) is 8.11. The predicted octanol–water partition coefficient (Wildman–Crippen LogP) is 6.15. The highest BCUT2D eigenvalue weighted by atomic mass is 35.5. The van der Waals surface area contributed by atoms with E-state index in [-0.39, 0.29) is 5.91 Å². The Kier molecular flexibility index (Phi) is 5.74. The summed E-state index contributed by atoms with van der Waals surface area (Å²) in [4.78, 5) is 24.2. The Labute approximate surface area is 188 Å². The number of aromatic nitrogens is 2. The average Bonchev–Trinajstić information content (AvgIpc) is 3.21. The largest absolute Gasteiger partial charge is 0.495 e. The number of anilines is 3. The summed E-state index contributed by atoms with van der Waals surface area (Å²) in [7, 11) is 1.63. The van der Waals surface area contributed by atoms with Crippen LogP contribution in [0.5, 0.6) is 5.75 Å². The monoisotopic (exact) mass is 462 g/mol. The van der Waals surface area contributed by atoms with Crippen molar-refractivity contribution in [2.45, 2.75) is 40.0 Å². The Bertz CT molecular complexity index is 1100. The molecule has 2 heterocycles. The molecule has 0 saturated heterocycles. The highest BCUT2D eigenvalue weighted by molar-refractivity contribution is 7.20. The minimum atomic E-state index is -0.466. The van der Waals surface area contributed by atoms with Gasteiger partial charge >= 0.3 is 0 Å². The number of nitrogens with one attached hydrogen (secondary N) is 2. The van der Waals surface area contributed by atoms with Crippen LogP contribution < -0.4 is 15.4 Å². The van der Waals surface area contributed by atoms with Crippen LogP contribution in [-0.4, -0.2) is 23.0 Å². The number of ether oxygens (including phenoxy) is 1. The molecule has 1 aliphatic carbocycles. The van der Waals surface area contributed by atoms with Crippen LogP contribution >= 0.6 is 34.3 Å². The minimum Gasteiger partial charge on any atom is -0.495 e. The maximum Gasteiger partial charge on any atom is 0.231 e. The molecule has 6 nitrogen and oxygen atoms in total. The Balaban J connectivity index is 1.65. The lowest BCUT2D eigenvalue weighted by Gasteiger charge is -2.15. The lowest BCUT2D eigenvalue weighted by Crippen LogP contribution is -2.27. The van der Waals surface area contributed by atoms with Gasteiger partial charge in [-0.3, -0.25) is 4.79 Å². The van der Waals surface area contributed by atoms with Gasteiger partial charge in [-0.2, -0.15) is 0 Å². The van der Waals surface area contributed by atoms with Gasteiger partial charge in [0.05, 0.1) is 29.1 Å². The van der Waals surface area contributed by atoms with Crippen LogP contribution in [0.2, 0.25) is 5.02 Å². The van der Waals surface area contributed by atoms with Crippen molar-refractivity contribution in [2.75, 3.05) is 17.7 Å². The maximum absolute atomic E-state index is 12.4. The molecule has 4 rings (SSSR count). The highest BCUT2D eigenvalue weighted by Gasteiger charge is 2.26. The zero-order valence-electron chi connectivity index (χ0n) is 17.3. The first-order chi connectivity index (χ1) is 14.2. The standard InChI is InChI=1S/C21H23ClN4O2S2/c1-21(2,3)18(27)26-20-25-16-15(29-20)7-5-6-12-17(16)30-19(23-12)24-13-10-11(22)8-9-14(13)28-4/h8-10H,5-7H2,1-4H3,(H,23,24)(H,25,26,27). The average molecular weight is 463 g/mol. The molecule has 0 bridgehead atoms. The zero-order valence-corrected chi connectivity index (χ0v) is 19.6. The molecule has 1 amide bonds. The van der Waals surface area contributed by atoms with Crippen LogP contribution in [-0.2, 0) is 17.6 Å². The third kappa shape index (κ3) is 4.31. The van der Waals surface area contributed by atoms with Gasteiger partial charge in [-0.25, -0.2) is 9.97 Å². The van der Waals surface area contributed by atoms with Gasteiger partial charge in [0, 0.05) is 15.3 Å². The van der Waals surface area contributed by atoms with Crippen molar-refractivity contribution >= 4 is 56.1 Å². The van der Waals surface area contributed by atoms with Crippen LogP contribution in [0.3, 0.4) is 0 Å². The number of carbonyl (C=O) groups excluding carboxylic acids is 1. The molecule has 0 unspecified atom stereocenters. The molecular formula is C21H23ClN4O2S2. The van der Waals surface area contributed by atoms with Crippen LogP contribution in [0, 0.1) is 5.41 Å². The highest BCUT2D eigenvalue weighted by Crippen LogP contribution is 2.43. The Morgan fingerprint density at radius 3 is 2.70 bits per heavy atom. The van der Waals surface area contributed by atoms with E-state index in [1.807, 2.05) is 32.9 Å². The molecule has 0 fully saturated rings. The molecule has 0 radical (unpaired) electrons. The first-order valence-electron chi connectivity index (χ1n) is 9.66. The second-order valence-corrected chi connectivity index (χ2v) is 10.6. The number of amides is 1. The van der Waals surface area contributed by atoms with Gasteiger partial charge in [0.1, 0.15) is 5.75 Å². The van der Waals surface area contributed by atoms with Crippen molar-refractivity contribution in [2.24, 2.45) is 5.41 Å². The molecule has 2 aromatic heterocycles. The number of halogens is 1. The van der Waals surface area contributed by atoms with Crippen LogP contribution in [0.25, 0.3) is 10.6 Å². The zero-order chi connectivity index (χ0) is 21.5. The second kappa shape index (κ2) is 8.17. The van der Waals surface area contributed by atoms with E-state index in [0.29, 0.717) is 15.9 Å². The Morgan fingerprint density at radius 1 is 1.17 bits per heavy atom. The number of nitrogens with zero attached hydrogens (tertiary/aromatic N) is 2. The molecule has 0 atom stereocenters. The number of carbonyl (C=O) groups is 1. The molecule has 2 N–H and O–H groups in total.